The van der Waals surface area contributed by atoms with Crippen LogP contribution in [0.15, 0.2) is 49.1 Å². The van der Waals surface area contributed by atoms with Crippen molar-refractivity contribution in [3.05, 3.63) is 138 Å². The summed E-state index contributed by atoms with van der Waals surface area (Å²) >= 11 is 0. The van der Waals surface area contributed by atoms with Gasteiger partial charge in [-0.05, 0) is 220 Å². The first kappa shape index (κ1) is 52.7. The standard InChI is InChI=1S/4C15H21N.CH4/c1-9(2)14-10(3)11(4)15-13(12(14)5)7-8-16(15)6;1-9(2)14-11(4)10(3)13-7-8-16(6)15(13)12(14)5;1-9(2)14-11(4)10(3)12(5)15-13(14)7-8-16(15)6;1-9(2)14-12(5)10(3)11(4)13-7-8-16(6)15(13)14;/h4*7-9H,1-6H3;1H4. The lowest BCUT2D eigenvalue weighted by molar-refractivity contribution is 0.842. The van der Waals surface area contributed by atoms with E-state index in [4.69, 9.17) is 0 Å². The van der Waals surface area contributed by atoms with E-state index in [2.05, 4.69) is 234 Å². The number of nitrogens with zero attached hydrogens (tertiary/aromatic N) is 4. The summed E-state index contributed by atoms with van der Waals surface area (Å²) in [5.74, 6) is 2.36. The van der Waals surface area contributed by atoms with Gasteiger partial charge in [0, 0.05) is 74.5 Å². The lowest BCUT2D eigenvalue weighted by Crippen LogP contribution is -2.01. The molecule has 4 aromatic carbocycles. The Morgan fingerprint density at radius 1 is 0.262 bits per heavy atom. The van der Waals surface area contributed by atoms with Gasteiger partial charge in [0.1, 0.15) is 0 Å². The molecule has 0 amide bonds. The summed E-state index contributed by atoms with van der Waals surface area (Å²) in [4.78, 5) is 0. The molecule has 0 saturated heterocycles. The molecular weight excluding hydrogens is 789 g/mol. The lowest BCUT2D eigenvalue weighted by atomic mass is 9.88. The van der Waals surface area contributed by atoms with Gasteiger partial charge in [-0.25, -0.2) is 0 Å². The van der Waals surface area contributed by atoms with Gasteiger partial charge < -0.3 is 18.3 Å². The molecule has 0 aliphatic rings. The normalized spacial score (nSPS) is 11.5. The maximum Gasteiger partial charge on any atom is 0.0518 e. The molecule has 4 nitrogen and oxygen atoms in total. The summed E-state index contributed by atoms with van der Waals surface area (Å²) in [5, 5.41) is 5.66. The Kier molecular flexibility index (Phi) is 16.4. The van der Waals surface area contributed by atoms with Gasteiger partial charge in [-0.2, -0.15) is 0 Å². The highest BCUT2D eigenvalue weighted by molar-refractivity contribution is 5.92. The SMILES string of the molecule is C.Cc1c(C(C)C)c(C)c2c(ccn2C)c1C.Cc1c(C(C)C)c(C)c2ccn(C)c2c1C.Cc1c(C)c(C(C)C)c2c(ccn2C)c1C.Cc1c(C)c(C)c2c(ccn2C)c1C(C)C. The number of aromatic nitrogens is 4. The van der Waals surface area contributed by atoms with Crippen molar-refractivity contribution in [2.75, 3.05) is 0 Å². The third kappa shape index (κ3) is 9.39. The first-order valence-corrected chi connectivity index (χ1v) is 24.0. The summed E-state index contributed by atoms with van der Waals surface area (Å²) in [5.41, 5.74) is 29.0. The third-order valence-corrected chi connectivity index (χ3v) is 15.2. The molecule has 65 heavy (non-hydrogen) atoms. The van der Waals surface area contributed by atoms with Crippen LogP contribution in [0, 0.1) is 83.1 Å². The molecule has 0 spiro atoms. The minimum atomic E-state index is 0. The van der Waals surface area contributed by atoms with Crippen molar-refractivity contribution in [3.8, 4) is 0 Å². The summed E-state index contributed by atoms with van der Waals surface area (Å²) in [6.07, 6.45) is 8.66. The van der Waals surface area contributed by atoms with E-state index in [-0.39, 0.29) is 7.43 Å². The van der Waals surface area contributed by atoms with Gasteiger partial charge >= 0.3 is 0 Å². The van der Waals surface area contributed by atoms with Gasteiger partial charge in [-0.15, -0.1) is 0 Å². The van der Waals surface area contributed by atoms with E-state index >= 15 is 0 Å². The topological polar surface area (TPSA) is 19.7 Å². The fraction of sp³-hybridized carbons (Fsp3) is 0.475. The van der Waals surface area contributed by atoms with Gasteiger partial charge in [0.25, 0.3) is 0 Å². The molecule has 4 heterocycles. The van der Waals surface area contributed by atoms with Gasteiger partial charge in [-0.3, -0.25) is 0 Å². The van der Waals surface area contributed by atoms with Crippen molar-refractivity contribution in [2.45, 2.75) is 170 Å². The molecule has 8 rings (SSSR count). The Balaban J connectivity index is 0.000000189. The van der Waals surface area contributed by atoms with Crippen LogP contribution >= 0.6 is 0 Å². The highest BCUT2D eigenvalue weighted by Gasteiger charge is 2.19. The highest BCUT2D eigenvalue weighted by Crippen LogP contribution is 2.38. The minimum absolute atomic E-state index is 0. The fourth-order valence-electron chi connectivity index (χ4n) is 11.5. The molecule has 352 valence electrons. The summed E-state index contributed by atoms with van der Waals surface area (Å²) in [6, 6.07) is 8.96. The lowest BCUT2D eigenvalue weighted by Gasteiger charge is -2.18. The second kappa shape index (κ2) is 20.3. The summed E-state index contributed by atoms with van der Waals surface area (Å²) < 4.78 is 8.96. The van der Waals surface area contributed by atoms with E-state index in [1.807, 2.05) is 0 Å². The van der Waals surface area contributed by atoms with E-state index in [1.54, 1.807) is 0 Å². The first-order valence-electron chi connectivity index (χ1n) is 24.0. The van der Waals surface area contributed by atoms with Crippen LogP contribution in [0.3, 0.4) is 0 Å². The molecule has 0 fully saturated rings. The highest BCUT2D eigenvalue weighted by atomic mass is 14.9. The van der Waals surface area contributed by atoms with Crippen LogP contribution in [0.2, 0.25) is 0 Å². The molecule has 0 N–H and O–H groups in total. The largest absolute Gasteiger partial charge is 0.350 e. The van der Waals surface area contributed by atoms with Crippen LogP contribution in [-0.2, 0) is 28.2 Å². The molecule has 0 aliphatic carbocycles. The number of aryl methyl sites for hydroxylation is 10. The molecule has 0 radical (unpaired) electrons. The first-order chi connectivity index (χ1) is 29.8. The van der Waals surface area contributed by atoms with Gasteiger partial charge in [-0.1, -0.05) is 62.8 Å². The summed E-state index contributed by atoms with van der Waals surface area (Å²) in [7, 11) is 8.54. The number of hydrogen-bond acceptors (Lipinski definition) is 0. The Morgan fingerprint density at radius 3 is 0.969 bits per heavy atom. The van der Waals surface area contributed by atoms with Gasteiger partial charge in [0.05, 0.1) is 22.1 Å². The van der Waals surface area contributed by atoms with E-state index in [0.717, 1.165) is 0 Å². The molecule has 4 aromatic heterocycles. The Morgan fingerprint density at radius 2 is 0.523 bits per heavy atom. The number of fused-ring (bicyclic) bond motifs is 4. The quantitative estimate of drug-likeness (QED) is 0.168. The van der Waals surface area contributed by atoms with Crippen LogP contribution in [0.4, 0.5) is 0 Å². The van der Waals surface area contributed by atoms with Crippen molar-refractivity contribution in [1.82, 2.24) is 18.3 Å². The summed E-state index contributed by atoms with van der Waals surface area (Å²) in [6.45, 7) is 45.2. The Labute approximate surface area is 396 Å². The van der Waals surface area contributed by atoms with Crippen molar-refractivity contribution >= 4 is 43.6 Å². The zero-order valence-electron chi connectivity index (χ0n) is 44.7. The third-order valence-electron chi connectivity index (χ3n) is 15.2. The predicted octanol–water partition coefficient (Wildman–Crippen LogP) is 17.5. The van der Waals surface area contributed by atoms with Crippen LogP contribution < -0.4 is 0 Å². The predicted molar refractivity (Wildman–Crippen MR) is 292 cm³/mol. The average Bonchev–Trinajstić information content (AvgIpc) is 4.01. The van der Waals surface area contributed by atoms with Crippen molar-refractivity contribution < 1.29 is 0 Å². The molecular formula is C61H88N4. The molecule has 0 unspecified atom stereocenters. The average molecular weight is 877 g/mol. The van der Waals surface area contributed by atoms with Crippen LogP contribution in [0.25, 0.3) is 43.6 Å². The van der Waals surface area contributed by atoms with E-state index < -0.39 is 0 Å². The Hall–Kier alpha value is -4.96. The molecule has 0 atom stereocenters. The second-order valence-corrected chi connectivity index (χ2v) is 20.5. The molecule has 0 saturated carbocycles. The van der Waals surface area contributed by atoms with E-state index in [1.165, 1.54) is 133 Å². The number of rotatable bonds is 4. The monoisotopic (exact) mass is 877 g/mol. The molecule has 0 bridgehead atoms. The molecule has 8 aromatic rings. The van der Waals surface area contributed by atoms with E-state index in [9.17, 15) is 0 Å². The zero-order chi connectivity index (χ0) is 48.1. The van der Waals surface area contributed by atoms with Crippen LogP contribution in [-0.4, -0.2) is 18.3 Å². The molecule has 0 aliphatic heterocycles. The van der Waals surface area contributed by atoms with Crippen molar-refractivity contribution in [1.29, 1.82) is 0 Å². The Bertz CT molecular complexity index is 2990. The smallest absolute Gasteiger partial charge is 0.0518 e. The van der Waals surface area contributed by atoms with Gasteiger partial charge in [0.15, 0.2) is 0 Å². The van der Waals surface area contributed by atoms with Crippen molar-refractivity contribution in [3.63, 3.8) is 0 Å². The van der Waals surface area contributed by atoms with Crippen molar-refractivity contribution in [2.24, 2.45) is 28.2 Å². The van der Waals surface area contributed by atoms with Crippen LogP contribution in [0.5, 0.6) is 0 Å². The maximum atomic E-state index is 2.28. The molecule has 4 heteroatoms. The fourth-order valence-corrected chi connectivity index (χ4v) is 11.5. The minimum Gasteiger partial charge on any atom is -0.350 e. The number of benzene rings is 4. The van der Waals surface area contributed by atoms with E-state index in [0.29, 0.717) is 23.7 Å². The zero-order valence-corrected chi connectivity index (χ0v) is 44.7. The number of hydrogen-bond donors (Lipinski definition) is 0. The maximum absolute atomic E-state index is 2.28. The van der Waals surface area contributed by atoms with Crippen LogP contribution in [0.1, 0.15) is 176 Å². The second-order valence-electron chi connectivity index (χ2n) is 20.5. The van der Waals surface area contributed by atoms with Gasteiger partial charge in [0.2, 0.25) is 0 Å².